The van der Waals surface area contributed by atoms with Crippen LogP contribution in [0.4, 0.5) is 5.69 Å². The molecule has 3 aromatic carbocycles. The van der Waals surface area contributed by atoms with E-state index in [9.17, 15) is 18.0 Å². The molecule has 0 saturated heterocycles. The standard InChI is InChI=1S/C32H38ClN3O6S/c1-22-9-16-28(17-10-22)43(39,40)36(26-13-18-30(42-4)29(33)19-26)21-31(37)35(20-24-11-14-27(41-3)15-12-24)23(2)32(38)34-25-7-5-6-8-25/h9-19,23,25H,5-8,20-21H2,1-4H3,(H,34,38)/t23-/m0/s1. The minimum atomic E-state index is -4.21. The summed E-state index contributed by atoms with van der Waals surface area (Å²) >= 11 is 6.39. The topological polar surface area (TPSA) is 105 Å². The number of nitrogens with one attached hydrogen (secondary N) is 1. The third-order valence-electron chi connectivity index (χ3n) is 7.69. The highest BCUT2D eigenvalue weighted by atomic mass is 35.5. The summed E-state index contributed by atoms with van der Waals surface area (Å²) < 4.78 is 39.6. The molecule has 3 aromatic rings. The highest BCUT2D eigenvalue weighted by Crippen LogP contribution is 2.32. The van der Waals surface area contributed by atoms with Crippen molar-refractivity contribution in [3.63, 3.8) is 0 Å². The second-order valence-corrected chi connectivity index (χ2v) is 12.9. The average Bonchev–Trinajstić information content (AvgIpc) is 3.51. The zero-order chi connectivity index (χ0) is 31.1. The Balaban J connectivity index is 1.71. The van der Waals surface area contributed by atoms with Crippen LogP contribution in [-0.2, 0) is 26.2 Å². The lowest BCUT2D eigenvalue weighted by atomic mass is 10.1. The molecule has 1 aliphatic carbocycles. The second-order valence-electron chi connectivity index (χ2n) is 10.7. The van der Waals surface area contributed by atoms with Gasteiger partial charge in [0.1, 0.15) is 24.1 Å². The van der Waals surface area contributed by atoms with Crippen LogP contribution in [0.1, 0.15) is 43.7 Å². The Morgan fingerprint density at radius 1 is 0.977 bits per heavy atom. The summed E-state index contributed by atoms with van der Waals surface area (Å²) in [5.74, 6) is 0.185. The maximum absolute atomic E-state index is 14.1. The summed E-state index contributed by atoms with van der Waals surface area (Å²) in [6.45, 7) is 3.05. The molecule has 9 nitrogen and oxygen atoms in total. The Bertz CT molecular complexity index is 1520. The summed E-state index contributed by atoms with van der Waals surface area (Å²) in [7, 11) is -1.19. The molecule has 4 rings (SSSR count). The summed E-state index contributed by atoms with van der Waals surface area (Å²) in [5.41, 5.74) is 1.84. The Labute approximate surface area is 258 Å². The predicted molar refractivity (Wildman–Crippen MR) is 167 cm³/mol. The van der Waals surface area contributed by atoms with E-state index in [1.54, 1.807) is 44.4 Å². The lowest BCUT2D eigenvalue weighted by Crippen LogP contribution is -2.52. The summed E-state index contributed by atoms with van der Waals surface area (Å²) in [6.07, 6.45) is 3.88. The molecule has 11 heteroatoms. The molecular formula is C32H38ClN3O6S. The van der Waals surface area contributed by atoms with Gasteiger partial charge in [0.15, 0.2) is 0 Å². The summed E-state index contributed by atoms with van der Waals surface area (Å²) in [6, 6.07) is 17.3. The van der Waals surface area contributed by atoms with Gasteiger partial charge >= 0.3 is 0 Å². The van der Waals surface area contributed by atoms with Gasteiger partial charge in [-0.25, -0.2) is 8.42 Å². The van der Waals surface area contributed by atoms with Crippen molar-refractivity contribution in [3.05, 3.63) is 82.9 Å². The van der Waals surface area contributed by atoms with Crippen molar-refractivity contribution in [2.45, 2.75) is 63.1 Å². The molecule has 1 aliphatic rings. The molecular weight excluding hydrogens is 590 g/mol. The van der Waals surface area contributed by atoms with Gasteiger partial charge in [0, 0.05) is 12.6 Å². The van der Waals surface area contributed by atoms with Gasteiger partial charge in [-0.1, -0.05) is 54.3 Å². The van der Waals surface area contributed by atoms with E-state index in [1.807, 2.05) is 19.1 Å². The van der Waals surface area contributed by atoms with Crippen LogP contribution in [0.15, 0.2) is 71.6 Å². The number of rotatable bonds is 12. The normalized spacial score (nSPS) is 14.2. The predicted octanol–water partition coefficient (Wildman–Crippen LogP) is 5.34. The van der Waals surface area contributed by atoms with Crippen molar-refractivity contribution in [2.24, 2.45) is 0 Å². The smallest absolute Gasteiger partial charge is 0.264 e. The van der Waals surface area contributed by atoms with Gasteiger partial charge in [0.25, 0.3) is 10.0 Å². The van der Waals surface area contributed by atoms with E-state index in [-0.39, 0.29) is 34.1 Å². The van der Waals surface area contributed by atoms with Gasteiger partial charge in [0.05, 0.1) is 29.8 Å². The number of halogens is 1. The van der Waals surface area contributed by atoms with Gasteiger partial charge < -0.3 is 19.7 Å². The lowest BCUT2D eigenvalue weighted by molar-refractivity contribution is -0.139. The van der Waals surface area contributed by atoms with Crippen molar-refractivity contribution in [3.8, 4) is 11.5 Å². The zero-order valence-corrected chi connectivity index (χ0v) is 26.5. The van der Waals surface area contributed by atoms with Crippen LogP contribution >= 0.6 is 11.6 Å². The summed E-state index contributed by atoms with van der Waals surface area (Å²) in [5, 5.41) is 3.26. The maximum atomic E-state index is 14.1. The molecule has 0 aliphatic heterocycles. The first-order valence-corrected chi connectivity index (χ1v) is 16.0. The van der Waals surface area contributed by atoms with Crippen molar-refractivity contribution < 1.29 is 27.5 Å². The third kappa shape index (κ3) is 7.80. The first-order chi connectivity index (χ1) is 20.5. The number of aryl methyl sites for hydroxylation is 1. The largest absolute Gasteiger partial charge is 0.497 e. The second kappa shape index (κ2) is 14.1. The molecule has 1 saturated carbocycles. The van der Waals surface area contributed by atoms with E-state index >= 15 is 0 Å². The molecule has 0 radical (unpaired) electrons. The fourth-order valence-electron chi connectivity index (χ4n) is 5.08. The number of methoxy groups -OCH3 is 2. The van der Waals surface area contributed by atoms with E-state index < -0.39 is 28.5 Å². The quantitative estimate of drug-likeness (QED) is 0.291. The van der Waals surface area contributed by atoms with Crippen LogP contribution < -0.4 is 19.1 Å². The van der Waals surface area contributed by atoms with Crippen LogP contribution in [0.2, 0.25) is 5.02 Å². The monoisotopic (exact) mass is 627 g/mol. The van der Waals surface area contributed by atoms with Gasteiger partial charge in [0.2, 0.25) is 11.8 Å². The zero-order valence-electron chi connectivity index (χ0n) is 24.9. The van der Waals surface area contributed by atoms with E-state index in [4.69, 9.17) is 21.1 Å². The molecule has 0 unspecified atom stereocenters. The Hall–Kier alpha value is -3.76. The number of ether oxygens (including phenoxy) is 2. The molecule has 1 atom stereocenters. The lowest BCUT2D eigenvalue weighted by Gasteiger charge is -2.32. The number of anilines is 1. The van der Waals surface area contributed by atoms with Gasteiger partial charge in [-0.15, -0.1) is 0 Å². The first-order valence-electron chi connectivity index (χ1n) is 14.2. The molecule has 0 heterocycles. The molecule has 0 bridgehead atoms. The fourth-order valence-corrected chi connectivity index (χ4v) is 6.74. The summed E-state index contributed by atoms with van der Waals surface area (Å²) in [4.78, 5) is 28.9. The fraction of sp³-hybridized carbons (Fsp3) is 0.375. The van der Waals surface area contributed by atoms with Crippen LogP contribution in [0.5, 0.6) is 11.5 Å². The number of carbonyl (C=O) groups excluding carboxylic acids is 2. The highest BCUT2D eigenvalue weighted by molar-refractivity contribution is 7.92. The van der Waals surface area contributed by atoms with Gasteiger partial charge in [-0.05, 0) is 74.7 Å². The number of carbonyl (C=O) groups is 2. The Morgan fingerprint density at radius 3 is 2.21 bits per heavy atom. The van der Waals surface area contributed by atoms with E-state index in [1.165, 1.54) is 36.3 Å². The van der Waals surface area contributed by atoms with Gasteiger partial charge in [-0.2, -0.15) is 0 Å². The number of amides is 2. The minimum absolute atomic E-state index is 0.0200. The van der Waals surface area contributed by atoms with E-state index in [0.29, 0.717) is 11.5 Å². The van der Waals surface area contributed by atoms with Crippen LogP contribution in [0, 0.1) is 6.92 Å². The maximum Gasteiger partial charge on any atom is 0.264 e. The van der Waals surface area contributed by atoms with Crippen LogP contribution in [-0.4, -0.2) is 58.0 Å². The Kier molecular flexibility index (Phi) is 10.6. The SMILES string of the molecule is COc1ccc(CN(C(=O)CN(c2ccc(OC)c(Cl)c2)S(=O)(=O)c2ccc(C)cc2)[C@@H](C)C(=O)NC2CCCC2)cc1. The first kappa shape index (κ1) is 32.2. The van der Waals surface area contributed by atoms with Gasteiger partial charge in [-0.3, -0.25) is 13.9 Å². The highest BCUT2D eigenvalue weighted by Gasteiger charge is 2.33. The molecule has 1 fully saturated rings. The third-order valence-corrected chi connectivity index (χ3v) is 9.78. The van der Waals surface area contributed by atoms with Crippen molar-refractivity contribution in [1.29, 1.82) is 0 Å². The molecule has 2 amide bonds. The number of hydrogen-bond donors (Lipinski definition) is 1. The van der Waals surface area contributed by atoms with Crippen LogP contribution in [0.25, 0.3) is 0 Å². The molecule has 230 valence electrons. The van der Waals surface area contributed by atoms with Crippen LogP contribution in [0.3, 0.4) is 0 Å². The molecule has 0 aromatic heterocycles. The van der Waals surface area contributed by atoms with E-state index in [0.717, 1.165) is 41.1 Å². The molecule has 1 N–H and O–H groups in total. The average molecular weight is 628 g/mol. The number of benzene rings is 3. The van der Waals surface area contributed by atoms with Crippen molar-refractivity contribution >= 4 is 39.1 Å². The Morgan fingerprint density at radius 2 is 1.63 bits per heavy atom. The number of sulfonamides is 1. The van der Waals surface area contributed by atoms with Crippen molar-refractivity contribution in [2.75, 3.05) is 25.1 Å². The minimum Gasteiger partial charge on any atom is -0.497 e. The molecule has 0 spiro atoms. The number of hydrogen-bond acceptors (Lipinski definition) is 6. The number of nitrogens with zero attached hydrogens (tertiary/aromatic N) is 2. The molecule has 43 heavy (non-hydrogen) atoms. The van der Waals surface area contributed by atoms with Crippen molar-refractivity contribution in [1.82, 2.24) is 10.2 Å². The van der Waals surface area contributed by atoms with E-state index in [2.05, 4.69) is 5.32 Å².